The highest BCUT2D eigenvalue weighted by Crippen LogP contribution is 2.39. The molecule has 0 saturated carbocycles. The first kappa shape index (κ1) is 30.3. The Morgan fingerprint density at radius 3 is 1.09 bits per heavy atom. The van der Waals surface area contributed by atoms with Gasteiger partial charge in [-0.25, -0.2) is 0 Å². The molecule has 6 aromatic carbocycles. The molecule has 0 N–H and O–H groups in total. The minimum atomic E-state index is -0.102. The highest BCUT2D eigenvalue weighted by Gasteiger charge is 2.27. The molecular formula is C44H42O. The third-order valence-electron chi connectivity index (χ3n) is 9.26. The van der Waals surface area contributed by atoms with Gasteiger partial charge in [0.05, 0.1) is 13.2 Å². The van der Waals surface area contributed by atoms with Gasteiger partial charge in [-0.05, 0) is 55.6 Å². The van der Waals surface area contributed by atoms with E-state index in [0.717, 1.165) is 0 Å². The predicted molar refractivity (Wildman–Crippen MR) is 189 cm³/mol. The fourth-order valence-corrected chi connectivity index (χ4v) is 6.43. The van der Waals surface area contributed by atoms with Gasteiger partial charge in [-0.1, -0.05) is 185 Å². The van der Waals surface area contributed by atoms with Crippen LogP contribution in [0.25, 0.3) is 22.3 Å². The molecule has 0 unspecified atom stereocenters. The summed E-state index contributed by atoms with van der Waals surface area (Å²) in [6.07, 6.45) is 0. The average Bonchev–Trinajstić information content (AvgIpc) is 3.10. The van der Waals surface area contributed by atoms with E-state index in [-0.39, 0.29) is 10.8 Å². The van der Waals surface area contributed by atoms with E-state index in [0.29, 0.717) is 13.2 Å². The third-order valence-corrected chi connectivity index (χ3v) is 9.26. The van der Waals surface area contributed by atoms with Crippen LogP contribution >= 0.6 is 0 Å². The van der Waals surface area contributed by atoms with Gasteiger partial charge in [0.1, 0.15) is 0 Å². The van der Waals surface area contributed by atoms with Crippen LogP contribution in [0.4, 0.5) is 0 Å². The topological polar surface area (TPSA) is 9.23 Å². The quantitative estimate of drug-likeness (QED) is 0.155. The molecule has 0 atom stereocenters. The van der Waals surface area contributed by atoms with Gasteiger partial charge in [0.2, 0.25) is 0 Å². The average molecular weight is 587 g/mol. The van der Waals surface area contributed by atoms with Crippen molar-refractivity contribution in [1.29, 1.82) is 0 Å². The smallest absolute Gasteiger partial charge is 0.0721 e. The van der Waals surface area contributed by atoms with Gasteiger partial charge in [-0.2, -0.15) is 0 Å². The molecule has 0 saturated heterocycles. The van der Waals surface area contributed by atoms with Gasteiger partial charge in [-0.15, -0.1) is 0 Å². The zero-order valence-electron chi connectivity index (χ0n) is 26.8. The van der Waals surface area contributed by atoms with Crippen LogP contribution < -0.4 is 0 Å². The van der Waals surface area contributed by atoms with Crippen LogP contribution in [0.5, 0.6) is 0 Å². The summed E-state index contributed by atoms with van der Waals surface area (Å²) in [5.74, 6) is 0. The summed E-state index contributed by atoms with van der Waals surface area (Å²) < 4.78 is 6.17. The molecule has 0 amide bonds. The molecular weight excluding hydrogens is 544 g/mol. The molecule has 6 rings (SSSR count). The number of hydrogen-bond donors (Lipinski definition) is 0. The molecule has 0 fully saturated rings. The first-order valence-electron chi connectivity index (χ1n) is 15.9. The van der Waals surface area contributed by atoms with Gasteiger partial charge >= 0.3 is 0 Å². The molecule has 224 valence electrons. The van der Waals surface area contributed by atoms with Crippen molar-refractivity contribution in [2.24, 2.45) is 0 Å². The fourth-order valence-electron chi connectivity index (χ4n) is 6.43. The van der Waals surface area contributed by atoms with Gasteiger partial charge in [0.25, 0.3) is 0 Å². The number of rotatable bonds is 10. The SMILES string of the molecule is CC(C)(c1ccccc1)c1ccccc1-c1ccc(COCc2ccc(-c3ccccc3C(C)(C)c3ccccc3)cc2)cc1. The molecule has 0 aliphatic carbocycles. The highest BCUT2D eigenvalue weighted by atomic mass is 16.5. The Bertz CT molecular complexity index is 1690. The summed E-state index contributed by atoms with van der Waals surface area (Å²) in [5.41, 5.74) is 12.4. The third kappa shape index (κ3) is 6.55. The van der Waals surface area contributed by atoms with Crippen molar-refractivity contribution >= 4 is 0 Å². The second-order valence-electron chi connectivity index (χ2n) is 13.0. The monoisotopic (exact) mass is 586 g/mol. The molecule has 0 spiro atoms. The second-order valence-corrected chi connectivity index (χ2v) is 13.0. The molecule has 1 nitrogen and oxygen atoms in total. The van der Waals surface area contributed by atoms with E-state index in [9.17, 15) is 0 Å². The Morgan fingerprint density at radius 2 is 0.711 bits per heavy atom. The van der Waals surface area contributed by atoms with Crippen molar-refractivity contribution in [2.75, 3.05) is 0 Å². The van der Waals surface area contributed by atoms with Gasteiger partial charge in [-0.3, -0.25) is 0 Å². The first-order valence-corrected chi connectivity index (χ1v) is 15.9. The zero-order valence-corrected chi connectivity index (χ0v) is 26.8. The lowest BCUT2D eigenvalue weighted by atomic mass is 9.75. The van der Waals surface area contributed by atoms with Crippen LogP contribution in [0.2, 0.25) is 0 Å². The van der Waals surface area contributed by atoms with E-state index < -0.39 is 0 Å². The maximum Gasteiger partial charge on any atom is 0.0721 e. The van der Waals surface area contributed by atoms with Crippen LogP contribution in [0.15, 0.2) is 158 Å². The summed E-state index contributed by atoms with van der Waals surface area (Å²) in [7, 11) is 0. The number of benzene rings is 6. The van der Waals surface area contributed by atoms with Crippen LogP contribution in [0, 0.1) is 0 Å². The Kier molecular flexibility index (Phi) is 8.83. The minimum Gasteiger partial charge on any atom is -0.372 e. The number of hydrogen-bond acceptors (Lipinski definition) is 1. The molecule has 45 heavy (non-hydrogen) atoms. The Labute approximate surface area is 269 Å². The van der Waals surface area contributed by atoms with E-state index in [1.54, 1.807) is 0 Å². The van der Waals surface area contributed by atoms with E-state index in [2.05, 4.69) is 185 Å². The van der Waals surface area contributed by atoms with Gasteiger partial charge in [0.15, 0.2) is 0 Å². The predicted octanol–water partition coefficient (Wildman–Crippen LogP) is 11.4. The Balaban J connectivity index is 1.11. The van der Waals surface area contributed by atoms with E-state index in [4.69, 9.17) is 4.74 Å². The summed E-state index contributed by atoms with van der Waals surface area (Å²) >= 11 is 0. The van der Waals surface area contributed by atoms with Crippen molar-refractivity contribution in [3.63, 3.8) is 0 Å². The van der Waals surface area contributed by atoms with E-state index in [1.807, 2.05) is 0 Å². The Hall–Kier alpha value is -4.72. The number of ether oxygens (including phenoxy) is 1. The summed E-state index contributed by atoms with van der Waals surface area (Å²) in [4.78, 5) is 0. The van der Waals surface area contributed by atoms with Crippen molar-refractivity contribution in [1.82, 2.24) is 0 Å². The maximum absolute atomic E-state index is 6.17. The molecule has 0 aliphatic heterocycles. The lowest BCUT2D eigenvalue weighted by molar-refractivity contribution is 0.107. The summed E-state index contributed by atoms with van der Waals surface area (Å²) in [5, 5.41) is 0. The molecule has 0 bridgehead atoms. The standard InChI is InChI=1S/C44H42O/c1-43(2,37-15-7-5-8-16-37)41-21-13-11-19-39(41)35-27-23-33(24-28-35)31-45-32-34-25-29-36(30-26-34)40-20-12-14-22-42(40)44(3,4)38-17-9-6-10-18-38/h5-30H,31-32H2,1-4H3. The lowest BCUT2D eigenvalue weighted by Gasteiger charge is -2.29. The van der Waals surface area contributed by atoms with E-state index in [1.165, 1.54) is 55.6 Å². The largest absolute Gasteiger partial charge is 0.372 e. The minimum absolute atomic E-state index is 0.102. The van der Waals surface area contributed by atoms with Crippen LogP contribution in [0.1, 0.15) is 61.1 Å². The van der Waals surface area contributed by atoms with Gasteiger partial charge < -0.3 is 4.74 Å². The van der Waals surface area contributed by atoms with Crippen LogP contribution in [-0.2, 0) is 28.8 Å². The van der Waals surface area contributed by atoms with Crippen molar-refractivity contribution in [3.8, 4) is 22.3 Å². The van der Waals surface area contributed by atoms with E-state index >= 15 is 0 Å². The summed E-state index contributed by atoms with van der Waals surface area (Å²) in [6.45, 7) is 10.4. The second kappa shape index (κ2) is 13.1. The van der Waals surface area contributed by atoms with Gasteiger partial charge in [0, 0.05) is 10.8 Å². The molecule has 1 heteroatoms. The maximum atomic E-state index is 6.17. The van der Waals surface area contributed by atoms with Crippen LogP contribution in [-0.4, -0.2) is 0 Å². The molecule has 0 radical (unpaired) electrons. The molecule has 6 aromatic rings. The molecule has 0 heterocycles. The normalized spacial score (nSPS) is 11.8. The summed E-state index contributed by atoms with van der Waals surface area (Å²) in [6, 6.07) is 56.7. The highest BCUT2D eigenvalue weighted by molar-refractivity contribution is 5.71. The first-order chi connectivity index (χ1) is 21.8. The van der Waals surface area contributed by atoms with Crippen LogP contribution in [0.3, 0.4) is 0 Å². The lowest BCUT2D eigenvalue weighted by Crippen LogP contribution is -2.19. The molecule has 0 aliphatic rings. The molecule has 0 aromatic heterocycles. The van der Waals surface area contributed by atoms with Crippen molar-refractivity contribution in [3.05, 3.63) is 191 Å². The van der Waals surface area contributed by atoms with Crippen molar-refractivity contribution in [2.45, 2.75) is 51.7 Å². The van der Waals surface area contributed by atoms with Crippen molar-refractivity contribution < 1.29 is 4.74 Å². The fraction of sp³-hybridized carbons (Fsp3) is 0.182. The zero-order chi connectivity index (χ0) is 31.3. The Morgan fingerprint density at radius 1 is 0.378 bits per heavy atom.